The van der Waals surface area contributed by atoms with E-state index in [1.165, 1.54) is 6.07 Å². The van der Waals surface area contributed by atoms with Gasteiger partial charge in [0.15, 0.2) is 16.7 Å². The fourth-order valence-corrected chi connectivity index (χ4v) is 1.16. The van der Waals surface area contributed by atoms with E-state index in [1.54, 1.807) is 12.1 Å². The number of H-pyrrole nitrogens is 1. The molecule has 2 N–H and O–H groups in total. The van der Waals surface area contributed by atoms with Gasteiger partial charge in [-0.25, -0.2) is 4.79 Å². The second kappa shape index (κ2) is 3.19. The van der Waals surface area contributed by atoms with Crippen molar-refractivity contribution in [2.75, 3.05) is 0 Å². The molecule has 2 aromatic rings. The van der Waals surface area contributed by atoms with Gasteiger partial charge in [0.1, 0.15) is 5.69 Å². The van der Waals surface area contributed by atoms with Crippen molar-refractivity contribution in [3.8, 4) is 11.5 Å². The fraction of sp³-hybridized carbons (Fsp3) is 0. The average Bonchev–Trinajstić information content (AvgIpc) is 2.70. The lowest BCUT2D eigenvalue weighted by Gasteiger charge is -1.86. The second-order valence-corrected chi connectivity index (χ2v) is 2.95. The van der Waals surface area contributed by atoms with Crippen LogP contribution in [-0.4, -0.2) is 21.3 Å². The van der Waals surface area contributed by atoms with Crippen molar-refractivity contribution in [1.82, 2.24) is 10.2 Å². The van der Waals surface area contributed by atoms with Gasteiger partial charge in [-0.1, -0.05) is 0 Å². The maximum Gasteiger partial charge on any atom is 0.356 e. The maximum atomic E-state index is 10.5. The number of aromatic amines is 1. The lowest BCUT2D eigenvalue weighted by Crippen LogP contribution is -1.95. The Hall–Kier alpha value is -1.75. The number of carbonyl (C=O) groups is 1. The topological polar surface area (TPSA) is 79.1 Å². The number of nitrogens with zero attached hydrogens (tertiary/aromatic N) is 1. The van der Waals surface area contributed by atoms with E-state index in [9.17, 15) is 4.79 Å². The number of carboxylic acids is 1. The zero-order valence-electron chi connectivity index (χ0n) is 6.82. The van der Waals surface area contributed by atoms with Crippen molar-refractivity contribution < 1.29 is 14.3 Å². The molecule has 0 aliphatic carbocycles. The Morgan fingerprint density at radius 3 is 2.86 bits per heavy atom. The summed E-state index contributed by atoms with van der Waals surface area (Å²) in [6.45, 7) is 0. The minimum Gasteiger partial charge on any atom is -0.476 e. The van der Waals surface area contributed by atoms with Crippen molar-refractivity contribution in [3.63, 3.8) is 0 Å². The summed E-state index contributed by atoms with van der Waals surface area (Å²) in [5, 5.41) is 15.0. The molecule has 0 aromatic carbocycles. The smallest absolute Gasteiger partial charge is 0.356 e. The van der Waals surface area contributed by atoms with Crippen molar-refractivity contribution >= 4 is 17.6 Å². The molecule has 0 atom stereocenters. The van der Waals surface area contributed by atoms with Crippen LogP contribution >= 0.6 is 11.6 Å². The zero-order valence-corrected chi connectivity index (χ0v) is 7.58. The number of furan rings is 1. The molecule has 6 heteroatoms. The van der Waals surface area contributed by atoms with Gasteiger partial charge in [0.25, 0.3) is 0 Å². The average molecular weight is 213 g/mol. The first-order valence-electron chi connectivity index (χ1n) is 3.71. The molecular weight excluding hydrogens is 208 g/mol. The van der Waals surface area contributed by atoms with Crippen molar-refractivity contribution in [2.45, 2.75) is 0 Å². The second-order valence-electron chi connectivity index (χ2n) is 2.58. The summed E-state index contributed by atoms with van der Waals surface area (Å²) in [7, 11) is 0. The highest BCUT2D eigenvalue weighted by Gasteiger charge is 2.11. The molecule has 0 spiro atoms. The highest BCUT2D eigenvalue weighted by atomic mass is 35.5. The maximum absolute atomic E-state index is 10.5. The Morgan fingerprint density at radius 1 is 1.57 bits per heavy atom. The number of aromatic carboxylic acids is 1. The van der Waals surface area contributed by atoms with Crippen LogP contribution in [0.2, 0.25) is 5.22 Å². The quantitative estimate of drug-likeness (QED) is 0.798. The number of rotatable bonds is 2. The summed E-state index contributed by atoms with van der Waals surface area (Å²) in [4.78, 5) is 10.5. The van der Waals surface area contributed by atoms with Gasteiger partial charge >= 0.3 is 5.97 Å². The SMILES string of the molecule is O=C(O)c1cc(-c2ccc(Cl)o2)[nH]n1. The minimum atomic E-state index is -1.09. The summed E-state index contributed by atoms with van der Waals surface area (Å²) < 4.78 is 5.06. The van der Waals surface area contributed by atoms with Gasteiger partial charge in [-0.3, -0.25) is 5.10 Å². The molecule has 0 unspecified atom stereocenters. The van der Waals surface area contributed by atoms with E-state index in [-0.39, 0.29) is 10.9 Å². The lowest BCUT2D eigenvalue weighted by atomic mass is 10.3. The number of aromatic nitrogens is 2. The third-order valence-corrected chi connectivity index (χ3v) is 1.84. The molecule has 0 saturated heterocycles. The van der Waals surface area contributed by atoms with E-state index >= 15 is 0 Å². The molecule has 0 aliphatic rings. The van der Waals surface area contributed by atoms with Crippen LogP contribution in [0, 0.1) is 0 Å². The summed E-state index contributed by atoms with van der Waals surface area (Å²) in [6, 6.07) is 4.57. The summed E-state index contributed by atoms with van der Waals surface area (Å²) in [5.41, 5.74) is 0.418. The van der Waals surface area contributed by atoms with Crippen molar-refractivity contribution in [1.29, 1.82) is 0 Å². The van der Waals surface area contributed by atoms with Crippen molar-refractivity contribution in [3.05, 3.63) is 29.1 Å². The molecule has 0 bridgehead atoms. The highest BCUT2D eigenvalue weighted by molar-refractivity contribution is 6.28. The predicted molar refractivity (Wildman–Crippen MR) is 48.3 cm³/mol. The predicted octanol–water partition coefficient (Wildman–Crippen LogP) is 2.02. The van der Waals surface area contributed by atoms with Crippen LogP contribution in [0.1, 0.15) is 10.5 Å². The van der Waals surface area contributed by atoms with Crippen LogP contribution in [0.5, 0.6) is 0 Å². The largest absolute Gasteiger partial charge is 0.476 e. The lowest BCUT2D eigenvalue weighted by molar-refractivity contribution is 0.0690. The van der Waals surface area contributed by atoms with Crippen LogP contribution in [0.4, 0.5) is 0 Å². The first kappa shape index (κ1) is 8.83. The molecule has 2 aromatic heterocycles. The molecule has 0 radical (unpaired) electrons. The van der Waals surface area contributed by atoms with Gasteiger partial charge in [-0.05, 0) is 23.7 Å². The zero-order chi connectivity index (χ0) is 10.1. The van der Waals surface area contributed by atoms with Crippen molar-refractivity contribution in [2.24, 2.45) is 0 Å². The summed E-state index contributed by atoms with van der Waals surface area (Å²) in [6.07, 6.45) is 0. The van der Waals surface area contributed by atoms with Crippen LogP contribution in [-0.2, 0) is 0 Å². The first-order chi connectivity index (χ1) is 6.66. The van der Waals surface area contributed by atoms with Crippen LogP contribution < -0.4 is 0 Å². The van der Waals surface area contributed by atoms with Crippen LogP contribution in [0.3, 0.4) is 0 Å². The van der Waals surface area contributed by atoms with Gasteiger partial charge in [0.05, 0.1) is 0 Å². The van der Waals surface area contributed by atoms with Gasteiger partial charge in [0.2, 0.25) is 0 Å². The molecule has 2 heterocycles. The molecule has 0 saturated carbocycles. The van der Waals surface area contributed by atoms with E-state index < -0.39 is 5.97 Å². The first-order valence-corrected chi connectivity index (χ1v) is 4.09. The number of hydrogen-bond donors (Lipinski definition) is 2. The van der Waals surface area contributed by atoms with Crippen LogP contribution in [0.25, 0.3) is 11.5 Å². The number of nitrogens with one attached hydrogen (secondary N) is 1. The number of halogens is 1. The van der Waals surface area contributed by atoms with Gasteiger partial charge in [-0.2, -0.15) is 5.10 Å². The Kier molecular flexibility index (Phi) is 2.01. The Bertz CT molecular complexity index is 474. The Morgan fingerprint density at radius 2 is 2.36 bits per heavy atom. The van der Waals surface area contributed by atoms with E-state index in [1.807, 2.05) is 0 Å². The fourth-order valence-electron chi connectivity index (χ4n) is 1.02. The third kappa shape index (κ3) is 1.49. The Labute approximate surface area is 83.3 Å². The summed E-state index contributed by atoms with van der Waals surface area (Å²) >= 11 is 5.56. The molecule has 14 heavy (non-hydrogen) atoms. The van der Waals surface area contributed by atoms with Crippen LogP contribution in [0.15, 0.2) is 22.6 Å². The van der Waals surface area contributed by atoms with E-state index in [0.29, 0.717) is 11.5 Å². The molecule has 5 nitrogen and oxygen atoms in total. The minimum absolute atomic E-state index is 0.0625. The standard InChI is InChI=1S/C8H5ClN2O3/c9-7-2-1-6(14-7)4-3-5(8(12)13)11-10-4/h1-3H,(H,10,11)(H,12,13). The van der Waals surface area contributed by atoms with E-state index in [4.69, 9.17) is 21.1 Å². The molecule has 2 rings (SSSR count). The molecular formula is C8H5ClN2O3. The highest BCUT2D eigenvalue weighted by Crippen LogP contribution is 2.23. The number of carboxylic acid groups (broad SMARTS) is 1. The Balaban J connectivity index is 2.38. The third-order valence-electron chi connectivity index (χ3n) is 1.64. The molecule has 72 valence electrons. The van der Waals surface area contributed by atoms with E-state index in [2.05, 4.69) is 10.2 Å². The molecule has 0 amide bonds. The summed E-state index contributed by atoms with van der Waals surface area (Å²) in [5.74, 6) is -0.639. The van der Waals surface area contributed by atoms with Gasteiger partial charge in [-0.15, -0.1) is 0 Å². The molecule has 0 fully saturated rings. The van der Waals surface area contributed by atoms with E-state index in [0.717, 1.165) is 0 Å². The molecule has 0 aliphatic heterocycles. The number of hydrogen-bond acceptors (Lipinski definition) is 3. The normalized spacial score (nSPS) is 10.4. The monoisotopic (exact) mass is 212 g/mol. The van der Waals surface area contributed by atoms with Gasteiger partial charge < -0.3 is 9.52 Å². The van der Waals surface area contributed by atoms with Gasteiger partial charge in [0, 0.05) is 6.07 Å².